The van der Waals surface area contributed by atoms with Gasteiger partial charge in [-0.1, -0.05) is 6.42 Å². The van der Waals surface area contributed by atoms with Gasteiger partial charge in [0.25, 0.3) is 0 Å². The van der Waals surface area contributed by atoms with Crippen molar-refractivity contribution >= 4 is 11.9 Å². The zero-order valence-corrected chi connectivity index (χ0v) is 9.90. The molecular formula is C11H20O5. The van der Waals surface area contributed by atoms with E-state index in [0.717, 1.165) is 0 Å². The second-order valence-corrected chi connectivity index (χ2v) is 3.48. The lowest BCUT2D eigenvalue weighted by molar-refractivity contribution is -0.145. The molecular weight excluding hydrogens is 212 g/mol. The van der Waals surface area contributed by atoms with Gasteiger partial charge in [-0.05, 0) is 19.8 Å². The number of hydrogen-bond acceptors (Lipinski definition) is 5. The maximum absolute atomic E-state index is 11.0. The van der Waals surface area contributed by atoms with Gasteiger partial charge in [-0.2, -0.15) is 0 Å². The molecule has 0 aromatic rings. The quantitative estimate of drug-likeness (QED) is 0.500. The van der Waals surface area contributed by atoms with Gasteiger partial charge in [0, 0.05) is 6.42 Å². The van der Waals surface area contributed by atoms with Gasteiger partial charge in [0.2, 0.25) is 0 Å². The topological polar surface area (TPSA) is 72.8 Å². The highest BCUT2D eigenvalue weighted by molar-refractivity contribution is 5.70. The molecule has 0 radical (unpaired) electrons. The van der Waals surface area contributed by atoms with Gasteiger partial charge in [0.1, 0.15) is 0 Å². The zero-order chi connectivity index (χ0) is 12.4. The summed E-state index contributed by atoms with van der Waals surface area (Å²) in [6.07, 6.45) is 1.53. The van der Waals surface area contributed by atoms with Crippen LogP contribution in [0.2, 0.25) is 0 Å². The Labute approximate surface area is 95.7 Å². The summed E-state index contributed by atoms with van der Waals surface area (Å²) < 4.78 is 9.18. The number of ether oxygens (including phenoxy) is 2. The first-order valence-corrected chi connectivity index (χ1v) is 5.50. The van der Waals surface area contributed by atoms with Crippen molar-refractivity contribution in [3.63, 3.8) is 0 Å². The van der Waals surface area contributed by atoms with Crippen molar-refractivity contribution in [3.8, 4) is 0 Å². The molecule has 0 rings (SSSR count). The molecule has 0 amide bonds. The van der Waals surface area contributed by atoms with Crippen LogP contribution < -0.4 is 0 Å². The number of hydrogen-bond donors (Lipinski definition) is 1. The van der Waals surface area contributed by atoms with Gasteiger partial charge in [-0.25, -0.2) is 0 Å². The van der Waals surface area contributed by atoms with Gasteiger partial charge in [-0.15, -0.1) is 0 Å². The third kappa shape index (κ3) is 8.23. The number of aliphatic hydroxyl groups is 1. The minimum atomic E-state index is -0.684. The lowest BCUT2D eigenvalue weighted by atomic mass is 10.1. The first kappa shape index (κ1) is 14.9. The second-order valence-electron chi connectivity index (χ2n) is 3.48. The Morgan fingerprint density at radius 3 is 2.50 bits per heavy atom. The normalized spacial score (nSPS) is 11.9. The predicted molar refractivity (Wildman–Crippen MR) is 57.7 cm³/mol. The third-order valence-corrected chi connectivity index (χ3v) is 2.10. The molecule has 0 aliphatic carbocycles. The predicted octanol–water partition coefficient (Wildman–Crippen LogP) is 1.03. The maximum atomic E-state index is 11.0. The number of aliphatic hydroxyl groups excluding tert-OH is 1. The number of carbonyl (C=O) groups is 2. The van der Waals surface area contributed by atoms with Crippen LogP contribution >= 0.6 is 0 Å². The molecule has 0 aliphatic rings. The summed E-state index contributed by atoms with van der Waals surface area (Å²) in [4.78, 5) is 21.7. The Bertz CT molecular complexity index is 214. The molecule has 0 aliphatic heterocycles. The average molecular weight is 232 g/mol. The number of carbonyl (C=O) groups excluding carboxylic acids is 2. The molecule has 0 aromatic heterocycles. The smallest absolute Gasteiger partial charge is 0.308 e. The standard InChI is InChI=1S/C11H20O5/c1-3-16-11(14)8-9(12)6-4-5-7-10(13)15-2/h9,12H,3-8H2,1-2H3. The Morgan fingerprint density at radius 1 is 1.25 bits per heavy atom. The van der Waals surface area contributed by atoms with Crippen LogP contribution in [0.15, 0.2) is 0 Å². The first-order chi connectivity index (χ1) is 7.60. The van der Waals surface area contributed by atoms with Crippen LogP contribution in [-0.2, 0) is 19.1 Å². The largest absolute Gasteiger partial charge is 0.469 e. The highest BCUT2D eigenvalue weighted by atomic mass is 16.5. The highest BCUT2D eigenvalue weighted by Gasteiger charge is 2.11. The number of esters is 2. The Morgan fingerprint density at radius 2 is 1.94 bits per heavy atom. The molecule has 1 atom stereocenters. The second kappa shape index (κ2) is 9.15. The molecule has 0 spiro atoms. The summed E-state index contributed by atoms with van der Waals surface area (Å²) in [6, 6.07) is 0. The van der Waals surface area contributed by atoms with Crippen LogP contribution in [-0.4, -0.2) is 36.9 Å². The van der Waals surface area contributed by atoms with E-state index in [-0.39, 0.29) is 18.4 Å². The number of methoxy groups -OCH3 is 1. The molecule has 5 heteroatoms. The van der Waals surface area contributed by atoms with E-state index in [2.05, 4.69) is 4.74 Å². The summed E-state index contributed by atoms with van der Waals surface area (Å²) in [6.45, 7) is 2.05. The van der Waals surface area contributed by atoms with Gasteiger partial charge >= 0.3 is 11.9 Å². The molecule has 0 saturated heterocycles. The van der Waals surface area contributed by atoms with Crippen molar-refractivity contribution in [2.24, 2.45) is 0 Å². The molecule has 1 unspecified atom stereocenters. The van der Waals surface area contributed by atoms with E-state index in [0.29, 0.717) is 32.3 Å². The van der Waals surface area contributed by atoms with Gasteiger partial charge in [-0.3, -0.25) is 9.59 Å². The van der Waals surface area contributed by atoms with Gasteiger partial charge in [0.15, 0.2) is 0 Å². The SMILES string of the molecule is CCOC(=O)CC(O)CCCCC(=O)OC. The Balaban J connectivity index is 3.46. The number of unbranched alkanes of at least 4 members (excludes halogenated alkanes) is 1. The maximum Gasteiger partial charge on any atom is 0.308 e. The fraction of sp³-hybridized carbons (Fsp3) is 0.818. The molecule has 0 heterocycles. The first-order valence-electron chi connectivity index (χ1n) is 5.50. The summed E-state index contributed by atoms with van der Waals surface area (Å²) in [5.41, 5.74) is 0. The van der Waals surface area contributed by atoms with Crippen molar-refractivity contribution in [3.05, 3.63) is 0 Å². The van der Waals surface area contributed by atoms with E-state index in [4.69, 9.17) is 4.74 Å². The van der Waals surface area contributed by atoms with Crippen molar-refractivity contribution in [2.75, 3.05) is 13.7 Å². The Hall–Kier alpha value is -1.10. The fourth-order valence-electron chi connectivity index (χ4n) is 1.27. The lowest BCUT2D eigenvalue weighted by Gasteiger charge is -2.09. The van der Waals surface area contributed by atoms with Crippen molar-refractivity contribution in [2.45, 2.75) is 45.1 Å². The Kier molecular flexibility index (Phi) is 8.52. The van der Waals surface area contributed by atoms with Crippen LogP contribution in [0.25, 0.3) is 0 Å². The summed E-state index contributed by atoms with van der Waals surface area (Å²) >= 11 is 0. The van der Waals surface area contributed by atoms with Crippen LogP contribution in [0.5, 0.6) is 0 Å². The molecule has 1 N–H and O–H groups in total. The molecule has 16 heavy (non-hydrogen) atoms. The molecule has 94 valence electrons. The summed E-state index contributed by atoms with van der Waals surface area (Å²) in [7, 11) is 1.35. The monoisotopic (exact) mass is 232 g/mol. The van der Waals surface area contributed by atoms with E-state index >= 15 is 0 Å². The summed E-state index contributed by atoms with van der Waals surface area (Å²) in [5, 5.41) is 9.45. The molecule has 0 fully saturated rings. The van der Waals surface area contributed by atoms with E-state index < -0.39 is 6.10 Å². The number of rotatable bonds is 8. The van der Waals surface area contributed by atoms with Crippen LogP contribution in [0.3, 0.4) is 0 Å². The molecule has 0 saturated carbocycles. The fourth-order valence-corrected chi connectivity index (χ4v) is 1.27. The minimum absolute atomic E-state index is 0.0199. The average Bonchev–Trinajstić information content (AvgIpc) is 2.24. The zero-order valence-electron chi connectivity index (χ0n) is 9.90. The molecule has 0 aromatic carbocycles. The minimum Gasteiger partial charge on any atom is -0.469 e. The van der Waals surface area contributed by atoms with Crippen LogP contribution in [0.1, 0.15) is 39.0 Å². The van der Waals surface area contributed by atoms with Crippen molar-refractivity contribution in [1.29, 1.82) is 0 Å². The van der Waals surface area contributed by atoms with Crippen LogP contribution in [0, 0.1) is 0 Å². The van der Waals surface area contributed by atoms with Crippen molar-refractivity contribution in [1.82, 2.24) is 0 Å². The molecule has 0 bridgehead atoms. The van der Waals surface area contributed by atoms with Gasteiger partial charge < -0.3 is 14.6 Å². The van der Waals surface area contributed by atoms with Crippen molar-refractivity contribution < 1.29 is 24.2 Å². The molecule has 5 nitrogen and oxygen atoms in total. The van der Waals surface area contributed by atoms with Crippen LogP contribution in [0.4, 0.5) is 0 Å². The van der Waals surface area contributed by atoms with E-state index in [1.807, 2.05) is 0 Å². The van der Waals surface area contributed by atoms with E-state index in [9.17, 15) is 14.7 Å². The van der Waals surface area contributed by atoms with Gasteiger partial charge in [0.05, 0.1) is 26.2 Å². The van der Waals surface area contributed by atoms with E-state index in [1.54, 1.807) is 6.92 Å². The lowest BCUT2D eigenvalue weighted by Crippen LogP contribution is -2.15. The summed E-state index contributed by atoms with van der Waals surface area (Å²) in [5.74, 6) is -0.636. The highest BCUT2D eigenvalue weighted by Crippen LogP contribution is 2.07. The van der Waals surface area contributed by atoms with E-state index in [1.165, 1.54) is 7.11 Å². The third-order valence-electron chi connectivity index (χ3n) is 2.10.